The summed E-state index contributed by atoms with van der Waals surface area (Å²) in [4.78, 5) is 6.08. The lowest BCUT2D eigenvalue weighted by Crippen LogP contribution is -2.35. The molecule has 1 fully saturated rings. The van der Waals surface area contributed by atoms with E-state index in [1.165, 1.54) is 12.3 Å². The smallest absolute Gasteiger partial charge is 0.396 e. The van der Waals surface area contributed by atoms with E-state index in [9.17, 15) is 13.2 Å². The number of rotatable bonds is 5. The average molecular weight is 366 g/mol. The molecule has 0 aliphatic carbocycles. The normalized spacial score (nSPS) is 20.2. The number of alkyl halides is 3. The van der Waals surface area contributed by atoms with Crippen LogP contribution in [0.5, 0.6) is 0 Å². The van der Waals surface area contributed by atoms with Gasteiger partial charge in [-0.05, 0) is 31.5 Å². The predicted molar refractivity (Wildman–Crippen MR) is 93.8 cm³/mol. The van der Waals surface area contributed by atoms with Crippen LogP contribution in [0.3, 0.4) is 0 Å². The standard InChI is InChI=1S/C17H21F3N6/c18-17(19,20)13(6-3-9-26-8-2-4-11(26)10-21)14(22)15-12-5-1-7-23-16(12)25-24-15/h1,3,5-7,11H,2,4,8-10,21-22H2,(H,23,24,25)/b6-3-,14-13+/t11-/m0/s1. The van der Waals surface area contributed by atoms with Crippen LogP contribution in [-0.4, -0.2) is 51.9 Å². The molecule has 0 saturated carbocycles. The summed E-state index contributed by atoms with van der Waals surface area (Å²) in [6, 6.07) is 3.47. The molecular formula is C17H21F3N6. The van der Waals surface area contributed by atoms with Crippen LogP contribution >= 0.6 is 0 Å². The van der Waals surface area contributed by atoms with Crippen molar-refractivity contribution < 1.29 is 13.2 Å². The fourth-order valence-electron chi connectivity index (χ4n) is 3.24. The van der Waals surface area contributed by atoms with Gasteiger partial charge in [0.25, 0.3) is 0 Å². The molecule has 1 aliphatic rings. The quantitative estimate of drug-likeness (QED) is 0.705. The van der Waals surface area contributed by atoms with E-state index in [0.717, 1.165) is 25.5 Å². The molecule has 5 N–H and O–H groups in total. The lowest BCUT2D eigenvalue weighted by atomic mass is 10.1. The van der Waals surface area contributed by atoms with Crippen LogP contribution in [0.4, 0.5) is 13.2 Å². The van der Waals surface area contributed by atoms with Crippen LogP contribution < -0.4 is 11.5 Å². The number of allylic oxidation sites excluding steroid dienone is 2. The first-order chi connectivity index (χ1) is 12.4. The van der Waals surface area contributed by atoms with Crippen LogP contribution in [0.25, 0.3) is 16.7 Å². The molecule has 6 nitrogen and oxygen atoms in total. The van der Waals surface area contributed by atoms with Crippen molar-refractivity contribution in [3.05, 3.63) is 41.7 Å². The van der Waals surface area contributed by atoms with Gasteiger partial charge in [0.15, 0.2) is 5.65 Å². The zero-order valence-corrected chi connectivity index (χ0v) is 14.1. The maximum absolute atomic E-state index is 13.5. The Morgan fingerprint density at radius 3 is 2.96 bits per heavy atom. The second kappa shape index (κ2) is 7.46. The minimum atomic E-state index is -4.58. The van der Waals surface area contributed by atoms with E-state index in [2.05, 4.69) is 20.1 Å². The summed E-state index contributed by atoms with van der Waals surface area (Å²) in [6.07, 6.45) is 1.43. The summed E-state index contributed by atoms with van der Waals surface area (Å²) in [5.74, 6) is 0. The van der Waals surface area contributed by atoms with Crippen molar-refractivity contribution in [2.24, 2.45) is 11.5 Å². The van der Waals surface area contributed by atoms with E-state index in [-0.39, 0.29) is 11.7 Å². The molecule has 0 spiro atoms. The Morgan fingerprint density at radius 1 is 1.42 bits per heavy atom. The van der Waals surface area contributed by atoms with Gasteiger partial charge in [-0.15, -0.1) is 0 Å². The van der Waals surface area contributed by atoms with Crippen molar-refractivity contribution in [3.8, 4) is 0 Å². The summed E-state index contributed by atoms with van der Waals surface area (Å²) in [5.41, 5.74) is 10.7. The van der Waals surface area contributed by atoms with E-state index in [1.807, 2.05) is 0 Å². The third kappa shape index (κ3) is 3.73. The lowest BCUT2D eigenvalue weighted by Gasteiger charge is -2.21. The first-order valence-corrected chi connectivity index (χ1v) is 8.39. The van der Waals surface area contributed by atoms with Gasteiger partial charge in [0.1, 0.15) is 0 Å². The Bertz CT molecular complexity index is 823. The van der Waals surface area contributed by atoms with Gasteiger partial charge in [0.05, 0.1) is 17.0 Å². The Kier molecular flexibility index (Phi) is 5.28. The van der Waals surface area contributed by atoms with Gasteiger partial charge >= 0.3 is 6.18 Å². The SMILES string of the molecule is NC[C@@H]1CCCN1C/C=C\C(=C(/N)c1[nH]nc2ncccc12)C(F)(F)F. The van der Waals surface area contributed by atoms with Crippen LogP contribution in [0, 0.1) is 0 Å². The molecule has 2 aromatic rings. The van der Waals surface area contributed by atoms with Gasteiger partial charge in [-0.25, -0.2) is 4.98 Å². The van der Waals surface area contributed by atoms with Gasteiger partial charge < -0.3 is 11.5 Å². The van der Waals surface area contributed by atoms with Crippen LogP contribution in [0.1, 0.15) is 18.5 Å². The zero-order valence-electron chi connectivity index (χ0n) is 14.1. The number of hydrogen-bond donors (Lipinski definition) is 3. The molecule has 9 heteroatoms. The molecule has 1 aliphatic heterocycles. The summed E-state index contributed by atoms with van der Waals surface area (Å²) < 4.78 is 40.6. The van der Waals surface area contributed by atoms with Gasteiger partial charge in [-0.1, -0.05) is 12.2 Å². The third-order valence-corrected chi connectivity index (χ3v) is 4.59. The molecule has 0 unspecified atom stereocenters. The average Bonchev–Trinajstić information content (AvgIpc) is 3.23. The van der Waals surface area contributed by atoms with Crippen molar-refractivity contribution in [2.45, 2.75) is 25.1 Å². The molecule has 3 heterocycles. The fourth-order valence-corrected chi connectivity index (χ4v) is 3.24. The molecule has 3 rings (SSSR count). The maximum Gasteiger partial charge on any atom is 0.418 e. The number of nitrogens with zero attached hydrogens (tertiary/aromatic N) is 3. The first kappa shape index (κ1) is 18.4. The molecule has 140 valence electrons. The number of pyridine rings is 1. The molecule has 2 aromatic heterocycles. The number of nitrogens with two attached hydrogens (primary N) is 2. The number of halogens is 3. The van der Waals surface area contributed by atoms with E-state index in [0.29, 0.717) is 24.1 Å². The second-order valence-electron chi connectivity index (χ2n) is 6.23. The fraction of sp³-hybridized carbons (Fsp3) is 0.412. The first-order valence-electron chi connectivity index (χ1n) is 8.39. The monoisotopic (exact) mass is 366 g/mol. The van der Waals surface area contributed by atoms with Gasteiger partial charge in [0, 0.05) is 30.7 Å². The molecule has 26 heavy (non-hydrogen) atoms. The van der Waals surface area contributed by atoms with Crippen molar-refractivity contribution >= 4 is 16.7 Å². The van der Waals surface area contributed by atoms with Gasteiger partial charge in [-0.2, -0.15) is 18.3 Å². The molecule has 0 bridgehead atoms. The topological polar surface area (TPSA) is 96.8 Å². The number of nitrogens with one attached hydrogen (secondary N) is 1. The molecular weight excluding hydrogens is 345 g/mol. The maximum atomic E-state index is 13.5. The number of aromatic amines is 1. The third-order valence-electron chi connectivity index (χ3n) is 4.59. The van der Waals surface area contributed by atoms with E-state index in [1.54, 1.807) is 12.1 Å². The van der Waals surface area contributed by atoms with Crippen molar-refractivity contribution in [3.63, 3.8) is 0 Å². The van der Waals surface area contributed by atoms with Gasteiger partial charge in [0.2, 0.25) is 0 Å². The number of fused-ring (bicyclic) bond motifs is 1. The molecule has 0 amide bonds. The summed E-state index contributed by atoms with van der Waals surface area (Å²) >= 11 is 0. The summed E-state index contributed by atoms with van der Waals surface area (Å²) in [6.45, 7) is 1.74. The van der Waals surface area contributed by atoms with E-state index in [4.69, 9.17) is 11.5 Å². The minimum Gasteiger partial charge on any atom is -0.396 e. The number of aromatic nitrogens is 3. The van der Waals surface area contributed by atoms with Crippen LogP contribution in [0.15, 0.2) is 36.1 Å². The van der Waals surface area contributed by atoms with Crippen molar-refractivity contribution in [1.29, 1.82) is 0 Å². The highest BCUT2D eigenvalue weighted by atomic mass is 19.4. The Morgan fingerprint density at radius 2 is 2.23 bits per heavy atom. The van der Waals surface area contributed by atoms with Gasteiger partial charge in [-0.3, -0.25) is 10.00 Å². The molecule has 0 radical (unpaired) electrons. The number of H-pyrrole nitrogens is 1. The highest BCUT2D eigenvalue weighted by Crippen LogP contribution is 2.32. The van der Waals surface area contributed by atoms with E-state index < -0.39 is 17.4 Å². The Balaban J connectivity index is 1.90. The number of hydrogen-bond acceptors (Lipinski definition) is 5. The Hall–Kier alpha value is -2.39. The summed E-state index contributed by atoms with van der Waals surface area (Å²) in [5, 5.41) is 6.91. The highest BCUT2D eigenvalue weighted by Gasteiger charge is 2.35. The van der Waals surface area contributed by atoms with Crippen LogP contribution in [0.2, 0.25) is 0 Å². The van der Waals surface area contributed by atoms with Crippen LogP contribution in [-0.2, 0) is 0 Å². The lowest BCUT2D eigenvalue weighted by molar-refractivity contribution is -0.0877. The minimum absolute atomic E-state index is 0.117. The number of likely N-dealkylation sites (tertiary alicyclic amines) is 1. The molecule has 1 saturated heterocycles. The van der Waals surface area contributed by atoms with Crippen molar-refractivity contribution in [1.82, 2.24) is 20.1 Å². The molecule has 0 aromatic carbocycles. The van der Waals surface area contributed by atoms with E-state index >= 15 is 0 Å². The Labute approximate surface area is 148 Å². The largest absolute Gasteiger partial charge is 0.418 e. The zero-order chi connectivity index (χ0) is 18.7. The second-order valence-corrected chi connectivity index (χ2v) is 6.23. The van der Waals surface area contributed by atoms with Crippen molar-refractivity contribution in [2.75, 3.05) is 19.6 Å². The predicted octanol–water partition coefficient (Wildman–Crippen LogP) is 2.17. The highest BCUT2D eigenvalue weighted by molar-refractivity contribution is 5.88. The summed E-state index contributed by atoms with van der Waals surface area (Å²) in [7, 11) is 0. The molecule has 1 atom stereocenters.